The van der Waals surface area contributed by atoms with Crippen LogP contribution in [0.5, 0.6) is 23.1 Å². The van der Waals surface area contributed by atoms with Crippen molar-refractivity contribution in [3.05, 3.63) is 145 Å². The first-order valence-electron chi connectivity index (χ1n) is 12.5. The maximum Gasteiger partial charge on any atom is 0.219 e. The zero-order valence-electron chi connectivity index (χ0n) is 21.1. The van der Waals surface area contributed by atoms with Crippen molar-refractivity contribution in [1.29, 1.82) is 0 Å². The summed E-state index contributed by atoms with van der Waals surface area (Å²) in [7, 11) is 0. The highest BCUT2D eigenvalue weighted by Gasteiger charge is 2.18. The van der Waals surface area contributed by atoms with Gasteiger partial charge in [-0.2, -0.15) is 5.10 Å². The second kappa shape index (κ2) is 11.1. The Morgan fingerprint density at radius 2 is 1.27 bits per heavy atom. The molecule has 0 amide bonds. The van der Waals surface area contributed by atoms with E-state index in [0.29, 0.717) is 17.3 Å². The van der Waals surface area contributed by atoms with E-state index in [9.17, 15) is 8.78 Å². The molecule has 0 atom stereocenters. The predicted molar refractivity (Wildman–Crippen MR) is 149 cm³/mol. The predicted octanol–water partition coefficient (Wildman–Crippen LogP) is 8.60. The smallest absolute Gasteiger partial charge is 0.219 e. The number of pyridine rings is 1. The molecule has 0 unspecified atom stereocenters. The number of rotatable bonds is 8. The SMILES string of the molecule is Fc1cc(F)c(-n2cccn2)cc1Oc1cc(Oc2ccccn2)cc(N(c2ccccc2)c2ccccc2)c1. The van der Waals surface area contributed by atoms with E-state index in [1.807, 2.05) is 77.7 Å². The molecule has 196 valence electrons. The minimum atomic E-state index is -0.853. The number of benzene rings is 4. The van der Waals surface area contributed by atoms with Crippen molar-refractivity contribution in [3.8, 4) is 28.8 Å². The van der Waals surface area contributed by atoms with Crippen LogP contribution in [0.2, 0.25) is 0 Å². The van der Waals surface area contributed by atoms with Crippen LogP contribution in [0, 0.1) is 11.6 Å². The molecule has 0 radical (unpaired) electrons. The number of halogens is 2. The molecular weight excluding hydrogens is 510 g/mol. The van der Waals surface area contributed by atoms with E-state index in [1.54, 1.807) is 42.7 Å². The van der Waals surface area contributed by atoms with Gasteiger partial charge in [-0.1, -0.05) is 42.5 Å². The Morgan fingerprint density at radius 1 is 0.600 bits per heavy atom. The Morgan fingerprint density at radius 3 is 1.90 bits per heavy atom. The Bertz CT molecular complexity index is 1680. The summed E-state index contributed by atoms with van der Waals surface area (Å²) in [5.74, 6) is -0.714. The molecule has 2 aromatic heterocycles. The summed E-state index contributed by atoms with van der Waals surface area (Å²) in [5.41, 5.74) is 2.53. The Kier molecular flexibility index (Phi) is 6.88. The summed E-state index contributed by atoms with van der Waals surface area (Å²) in [6.07, 6.45) is 4.70. The standard InChI is InChI=1S/C32H22F2N4O2/c33-28-21-29(34)31(22-30(28)37-17-9-16-36-37)39-26-18-25(19-27(20-26)40-32-14-7-8-15-35-32)38(23-10-3-1-4-11-23)24-12-5-2-6-13-24/h1-22H. The molecule has 0 aliphatic rings. The molecule has 6 nitrogen and oxygen atoms in total. The van der Waals surface area contributed by atoms with Gasteiger partial charge in [0.15, 0.2) is 17.4 Å². The minimum Gasteiger partial charge on any atom is -0.454 e. The van der Waals surface area contributed by atoms with Crippen LogP contribution in [-0.4, -0.2) is 14.8 Å². The fraction of sp³-hybridized carbons (Fsp3) is 0. The van der Waals surface area contributed by atoms with Gasteiger partial charge in [-0.3, -0.25) is 0 Å². The van der Waals surface area contributed by atoms with Gasteiger partial charge in [-0.05, 0) is 36.4 Å². The van der Waals surface area contributed by atoms with Crippen molar-refractivity contribution in [1.82, 2.24) is 14.8 Å². The second-order valence-electron chi connectivity index (χ2n) is 8.73. The molecule has 0 bridgehead atoms. The molecule has 0 saturated heterocycles. The van der Waals surface area contributed by atoms with Crippen molar-refractivity contribution in [3.63, 3.8) is 0 Å². The normalized spacial score (nSPS) is 10.8. The first-order valence-corrected chi connectivity index (χ1v) is 12.5. The highest BCUT2D eigenvalue weighted by atomic mass is 19.1. The average molecular weight is 533 g/mol. The van der Waals surface area contributed by atoms with Crippen LogP contribution in [0.3, 0.4) is 0 Å². The number of aromatic nitrogens is 3. The zero-order valence-corrected chi connectivity index (χ0v) is 21.1. The Hall–Kier alpha value is -5.50. The fourth-order valence-electron chi connectivity index (χ4n) is 4.24. The third-order valence-electron chi connectivity index (χ3n) is 5.99. The number of nitrogens with zero attached hydrogens (tertiary/aromatic N) is 4. The van der Waals surface area contributed by atoms with Gasteiger partial charge in [0, 0.05) is 66.4 Å². The first-order chi connectivity index (χ1) is 19.6. The molecule has 0 saturated carbocycles. The van der Waals surface area contributed by atoms with E-state index in [1.165, 1.54) is 16.9 Å². The van der Waals surface area contributed by atoms with E-state index < -0.39 is 11.6 Å². The molecule has 6 aromatic rings. The summed E-state index contributed by atoms with van der Waals surface area (Å²) >= 11 is 0. The average Bonchev–Trinajstić information content (AvgIpc) is 3.51. The monoisotopic (exact) mass is 532 g/mol. The molecule has 6 rings (SSSR count). The van der Waals surface area contributed by atoms with Crippen LogP contribution in [0.4, 0.5) is 25.8 Å². The summed E-state index contributed by atoms with van der Waals surface area (Å²) in [4.78, 5) is 6.28. The zero-order chi connectivity index (χ0) is 27.3. The number of anilines is 3. The van der Waals surface area contributed by atoms with Gasteiger partial charge in [0.25, 0.3) is 0 Å². The van der Waals surface area contributed by atoms with E-state index in [4.69, 9.17) is 9.47 Å². The highest BCUT2D eigenvalue weighted by Crippen LogP contribution is 2.40. The van der Waals surface area contributed by atoms with Gasteiger partial charge in [-0.15, -0.1) is 0 Å². The minimum absolute atomic E-state index is 0.0534. The molecule has 0 N–H and O–H groups in total. The van der Waals surface area contributed by atoms with Crippen LogP contribution < -0.4 is 14.4 Å². The summed E-state index contributed by atoms with van der Waals surface area (Å²) < 4.78 is 42.9. The van der Waals surface area contributed by atoms with E-state index in [-0.39, 0.29) is 17.2 Å². The van der Waals surface area contributed by atoms with E-state index in [0.717, 1.165) is 17.4 Å². The summed E-state index contributed by atoms with van der Waals surface area (Å²) in [6, 6.07) is 33.9. The van der Waals surface area contributed by atoms with Crippen LogP contribution in [-0.2, 0) is 0 Å². The quantitative estimate of drug-likeness (QED) is 0.196. The van der Waals surface area contributed by atoms with Crippen molar-refractivity contribution < 1.29 is 18.3 Å². The largest absolute Gasteiger partial charge is 0.454 e. The van der Waals surface area contributed by atoms with Crippen LogP contribution >= 0.6 is 0 Å². The molecule has 0 spiro atoms. The molecule has 8 heteroatoms. The van der Waals surface area contributed by atoms with Gasteiger partial charge in [0.2, 0.25) is 5.88 Å². The Labute approximate surface area is 229 Å². The molecule has 0 aliphatic heterocycles. The molecule has 0 aliphatic carbocycles. The highest BCUT2D eigenvalue weighted by molar-refractivity contribution is 5.78. The van der Waals surface area contributed by atoms with Gasteiger partial charge < -0.3 is 14.4 Å². The summed E-state index contributed by atoms with van der Waals surface area (Å²) in [6.45, 7) is 0. The van der Waals surface area contributed by atoms with Crippen molar-refractivity contribution in [2.45, 2.75) is 0 Å². The third kappa shape index (κ3) is 5.37. The number of hydrogen-bond donors (Lipinski definition) is 0. The van der Waals surface area contributed by atoms with Crippen LogP contribution in [0.15, 0.2) is 134 Å². The maximum atomic E-state index is 14.9. The van der Waals surface area contributed by atoms with Gasteiger partial charge in [0.1, 0.15) is 17.2 Å². The molecular formula is C32H22F2N4O2. The topological polar surface area (TPSA) is 52.4 Å². The van der Waals surface area contributed by atoms with Gasteiger partial charge >= 0.3 is 0 Å². The lowest BCUT2D eigenvalue weighted by Gasteiger charge is -2.26. The number of para-hydroxylation sites is 2. The lowest BCUT2D eigenvalue weighted by Crippen LogP contribution is -2.10. The van der Waals surface area contributed by atoms with Gasteiger partial charge in [0.05, 0.1) is 5.69 Å². The molecule has 0 fully saturated rings. The molecule has 40 heavy (non-hydrogen) atoms. The summed E-state index contributed by atoms with van der Waals surface area (Å²) in [5, 5.41) is 4.06. The second-order valence-corrected chi connectivity index (χ2v) is 8.73. The lowest BCUT2D eigenvalue weighted by atomic mass is 10.1. The van der Waals surface area contributed by atoms with Crippen molar-refractivity contribution in [2.24, 2.45) is 0 Å². The lowest BCUT2D eigenvalue weighted by molar-refractivity contribution is 0.427. The van der Waals surface area contributed by atoms with Crippen LogP contribution in [0.25, 0.3) is 5.69 Å². The fourth-order valence-corrected chi connectivity index (χ4v) is 4.24. The van der Waals surface area contributed by atoms with E-state index in [2.05, 4.69) is 10.1 Å². The maximum absolute atomic E-state index is 14.9. The van der Waals surface area contributed by atoms with Gasteiger partial charge in [-0.25, -0.2) is 18.4 Å². The van der Waals surface area contributed by atoms with Crippen LogP contribution in [0.1, 0.15) is 0 Å². The number of ether oxygens (including phenoxy) is 2. The first kappa shape index (κ1) is 24.8. The number of hydrogen-bond acceptors (Lipinski definition) is 5. The Balaban J connectivity index is 1.47. The van der Waals surface area contributed by atoms with Crippen molar-refractivity contribution in [2.75, 3.05) is 4.90 Å². The third-order valence-corrected chi connectivity index (χ3v) is 5.99. The molecule has 2 heterocycles. The van der Waals surface area contributed by atoms with E-state index >= 15 is 0 Å². The molecule has 4 aromatic carbocycles. The van der Waals surface area contributed by atoms with Crippen molar-refractivity contribution >= 4 is 17.1 Å².